The van der Waals surface area contributed by atoms with E-state index in [4.69, 9.17) is 0 Å². The summed E-state index contributed by atoms with van der Waals surface area (Å²) in [5.41, 5.74) is 3.16. The maximum Gasteiger partial charge on any atom is 0.224 e. The molecule has 0 unspecified atom stereocenters. The molecule has 3 heteroatoms. The lowest BCUT2D eigenvalue weighted by molar-refractivity contribution is -0.116. The van der Waals surface area contributed by atoms with Gasteiger partial charge in [-0.25, -0.2) is 0 Å². The van der Waals surface area contributed by atoms with Crippen molar-refractivity contribution in [3.63, 3.8) is 0 Å². The van der Waals surface area contributed by atoms with Gasteiger partial charge in [0.05, 0.1) is 0 Å². The van der Waals surface area contributed by atoms with Gasteiger partial charge in [-0.15, -0.1) is 11.8 Å². The molecule has 0 aromatic heterocycles. The summed E-state index contributed by atoms with van der Waals surface area (Å²) in [5, 5.41) is 2.99. The van der Waals surface area contributed by atoms with Crippen LogP contribution in [-0.4, -0.2) is 12.2 Å². The summed E-state index contributed by atoms with van der Waals surface area (Å²) in [5.74, 6) is 0.634. The first-order chi connectivity index (χ1) is 10.6. The monoisotopic (exact) mass is 313 g/mol. The van der Waals surface area contributed by atoms with Gasteiger partial charge in [0, 0.05) is 17.0 Å². The van der Waals surface area contributed by atoms with Crippen LogP contribution in [0.5, 0.6) is 0 Å². The number of hydrogen-bond acceptors (Lipinski definition) is 2. The van der Waals surface area contributed by atoms with Gasteiger partial charge in [-0.1, -0.05) is 38.1 Å². The van der Waals surface area contributed by atoms with Crippen molar-refractivity contribution in [2.45, 2.75) is 31.6 Å². The van der Waals surface area contributed by atoms with Crippen LogP contribution in [0.3, 0.4) is 0 Å². The van der Waals surface area contributed by atoms with E-state index in [1.807, 2.05) is 18.2 Å². The third-order valence-electron chi connectivity index (χ3n) is 3.50. The molecule has 0 spiro atoms. The van der Waals surface area contributed by atoms with Gasteiger partial charge < -0.3 is 5.32 Å². The van der Waals surface area contributed by atoms with Crippen LogP contribution in [0.4, 0.5) is 5.69 Å². The van der Waals surface area contributed by atoms with Gasteiger partial charge >= 0.3 is 0 Å². The van der Waals surface area contributed by atoms with Crippen LogP contribution in [0.15, 0.2) is 53.4 Å². The van der Waals surface area contributed by atoms with Gasteiger partial charge in [-0.3, -0.25) is 4.79 Å². The lowest BCUT2D eigenvalue weighted by atomic mass is 10.0. The average Bonchev–Trinajstić information content (AvgIpc) is 2.53. The summed E-state index contributed by atoms with van der Waals surface area (Å²) < 4.78 is 0. The standard InChI is InChI=1S/C19H23NOS/c1-14(2)10-11-19(21)20-17-8-4-6-15(12-17)16-7-5-9-18(13-16)22-3/h4-9,12-14H,10-11H2,1-3H3,(H,20,21). The summed E-state index contributed by atoms with van der Waals surface area (Å²) >= 11 is 1.73. The molecule has 0 aliphatic carbocycles. The zero-order valence-corrected chi connectivity index (χ0v) is 14.2. The molecule has 0 atom stereocenters. The molecule has 116 valence electrons. The third-order valence-corrected chi connectivity index (χ3v) is 4.22. The molecule has 0 radical (unpaired) electrons. The predicted octanol–water partition coefficient (Wildman–Crippen LogP) is 5.45. The number of anilines is 1. The molecule has 0 aliphatic heterocycles. The minimum absolute atomic E-state index is 0.0868. The second-order valence-corrected chi connectivity index (χ2v) is 6.67. The number of thioether (sulfide) groups is 1. The molecule has 2 nitrogen and oxygen atoms in total. The predicted molar refractivity (Wildman–Crippen MR) is 96.4 cm³/mol. The Morgan fingerprint density at radius 3 is 2.45 bits per heavy atom. The number of carbonyl (C=O) groups is 1. The van der Waals surface area contributed by atoms with E-state index in [0.29, 0.717) is 12.3 Å². The highest BCUT2D eigenvalue weighted by Gasteiger charge is 2.05. The van der Waals surface area contributed by atoms with Gasteiger partial charge in [-0.05, 0) is 54.0 Å². The summed E-state index contributed by atoms with van der Waals surface area (Å²) in [4.78, 5) is 13.2. The molecule has 0 aliphatic rings. The Labute approximate surface area is 137 Å². The third kappa shape index (κ3) is 4.92. The second kappa shape index (κ2) is 8.04. The quantitative estimate of drug-likeness (QED) is 0.718. The van der Waals surface area contributed by atoms with Gasteiger partial charge in [0.2, 0.25) is 5.91 Å². The van der Waals surface area contributed by atoms with E-state index >= 15 is 0 Å². The summed E-state index contributed by atoms with van der Waals surface area (Å²) in [6, 6.07) is 16.5. The van der Waals surface area contributed by atoms with Crippen molar-refractivity contribution in [3.8, 4) is 11.1 Å². The van der Waals surface area contributed by atoms with Crippen molar-refractivity contribution in [3.05, 3.63) is 48.5 Å². The lowest BCUT2D eigenvalue weighted by Crippen LogP contribution is -2.12. The first-order valence-electron chi connectivity index (χ1n) is 7.63. The molecule has 2 rings (SSSR count). The molecule has 0 heterocycles. The first kappa shape index (κ1) is 16.6. The minimum atomic E-state index is 0.0868. The SMILES string of the molecule is CSc1cccc(-c2cccc(NC(=O)CCC(C)C)c2)c1. The normalized spacial score (nSPS) is 10.7. The van der Waals surface area contributed by atoms with Crippen molar-refractivity contribution in [2.75, 3.05) is 11.6 Å². The maximum atomic E-state index is 12.0. The molecule has 0 saturated heterocycles. The van der Waals surface area contributed by atoms with Crippen molar-refractivity contribution in [1.29, 1.82) is 0 Å². The number of benzene rings is 2. The summed E-state index contributed by atoms with van der Waals surface area (Å²) in [7, 11) is 0. The highest BCUT2D eigenvalue weighted by Crippen LogP contribution is 2.26. The molecule has 2 aromatic carbocycles. The Hall–Kier alpha value is -1.74. The highest BCUT2D eigenvalue weighted by atomic mass is 32.2. The molecule has 0 bridgehead atoms. The summed E-state index contributed by atoms with van der Waals surface area (Å²) in [6.07, 6.45) is 3.57. The van der Waals surface area contributed by atoms with E-state index in [1.165, 1.54) is 10.5 Å². The Kier molecular flexibility index (Phi) is 6.08. The van der Waals surface area contributed by atoms with E-state index in [2.05, 4.69) is 55.8 Å². The van der Waals surface area contributed by atoms with Gasteiger partial charge in [0.25, 0.3) is 0 Å². The number of amides is 1. The number of rotatable bonds is 6. The minimum Gasteiger partial charge on any atom is -0.326 e. The molecule has 0 saturated carbocycles. The lowest BCUT2D eigenvalue weighted by Gasteiger charge is -2.09. The van der Waals surface area contributed by atoms with Crippen molar-refractivity contribution in [1.82, 2.24) is 0 Å². The van der Waals surface area contributed by atoms with Crippen LogP contribution in [0.1, 0.15) is 26.7 Å². The fourth-order valence-corrected chi connectivity index (χ4v) is 2.68. The fraction of sp³-hybridized carbons (Fsp3) is 0.316. The number of hydrogen-bond donors (Lipinski definition) is 1. The largest absolute Gasteiger partial charge is 0.326 e. The fourth-order valence-electron chi connectivity index (χ4n) is 2.22. The van der Waals surface area contributed by atoms with E-state index < -0.39 is 0 Å². The molecular weight excluding hydrogens is 290 g/mol. The number of nitrogens with one attached hydrogen (secondary N) is 1. The Bertz CT molecular complexity index is 637. The van der Waals surface area contributed by atoms with E-state index in [0.717, 1.165) is 17.7 Å². The van der Waals surface area contributed by atoms with Crippen LogP contribution < -0.4 is 5.32 Å². The van der Waals surface area contributed by atoms with Crippen LogP contribution in [0.25, 0.3) is 11.1 Å². The van der Waals surface area contributed by atoms with E-state index in [-0.39, 0.29) is 5.91 Å². The second-order valence-electron chi connectivity index (χ2n) is 5.79. The van der Waals surface area contributed by atoms with Crippen LogP contribution in [0, 0.1) is 5.92 Å². The van der Waals surface area contributed by atoms with Crippen LogP contribution in [-0.2, 0) is 4.79 Å². The number of carbonyl (C=O) groups excluding carboxylic acids is 1. The van der Waals surface area contributed by atoms with Crippen molar-refractivity contribution >= 4 is 23.4 Å². The van der Waals surface area contributed by atoms with Crippen LogP contribution >= 0.6 is 11.8 Å². The molecule has 1 amide bonds. The highest BCUT2D eigenvalue weighted by molar-refractivity contribution is 7.98. The maximum absolute atomic E-state index is 12.0. The Morgan fingerprint density at radius 1 is 1.09 bits per heavy atom. The van der Waals surface area contributed by atoms with E-state index in [9.17, 15) is 4.79 Å². The molecular formula is C19H23NOS. The van der Waals surface area contributed by atoms with Gasteiger partial charge in [0.1, 0.15) is 0 Å². The average molecular weight is 313 g/mol. The van der Waals surface area contributed by atoms with E-state index in [1.54, 1.807) is 11.8 Å². The van der Waals surface area contributed by atoms with Crippen molar-refractivity contribution < 1.29 is 4.79 Å². The zero-order valence-electron chi connectivity index (χ0n) is 13.4. The zero-order chi connectivity index (χ0) is 15.9. The molecule has 1 N–H and O–H groups in total. The summed E-state index contributed by atoms with van der Waals surface area (Å²) in [6.45, 7) is 4.26. The van der Waals surface area contributed by atoms with Gasteiger partial charge in [0.15, 0.2) is 0 Å². The Morgan fingerprint density at radius 2 is 1.77 bits per heavy atom. The van der Waals surface area contributed by atoms with Gasteiger partial charge in [-0.2, -0.15) is 0 Å². The van der Waals surface area contributed by atoms with Crippen molar-refractivity contribution in [2.24, 2.45) is 5.92 Å². The topological polar surface area (TPSA) is 29.1 Å². The smallest absolute Gasteiger partial charge is 0.224 e. The molecule has 2 aromatic rings. The Balaban J connectivity index is 2.11. The first-order valence-corrected chi connectivity index (χ1v) is 8.85. The molecule has 22 heavy (non-hydrogen) atoms. The molecule has 0 fully saturated rings. The van der Waals surface area contributed by atoms with Crippen LogP contribution in [0.2, 0.25) is 0 Å².